The Bertz CT molecular complexity index is 163. The van der Waals surface area contributed by atoms with E-state index in [1.54, 1.807) is 6.92 Å². The maximum Gasteiger partial charge on any atom is 0.111 e. The Morgan fingerprint density at radius 1 is 1.33 bits per heavy atom. The van der Waals surface area contributed by atoms with Crippen molar-refractivity contribution in [3.05, 3.63) is 0 Å². The summed E-state index contributed by atoms with van der Waals surface area (Å²) in [5.41, 5.74) is -1.31. The molecule has 0 radical (unpaired) electrons. The van der Waals surface area contributed by atoms with Gasteiger partial charge in [-0.1, -0.05) is 0 Å². The smallest absolute Gasteiger partial charge is 0.111 e. The molecule has 1 aliphatic rings. The van der Waals surface area contributed by atoms with E-state index in [1.807, 2.05) is 13.8 Å². The highest BCUT2D eigenvalue weighted by Crippen LogP contribution is 2.28. The van der Waals surface area contributed by atoms with E-state index >= 15 is 0 Å². The number of aliphatic hydroxyl groups is 2. The molecule has 1 fully saturated rings. The molecular weight excluding hydrogens is 156 g/mol. The lowest BCUT2D eigenvalue weighted by Crippen LogP contribution is -2.42. The molecule has 3 nitrogen and oxygen atoms in total. The summed E-state index contributed by atoms with van der Waals surface area (Å²) < 4.78 is 5.47. The van der Waals surface area contributed by atoms with Gasteiger partial charge in [0, 0.05) is 0 Å². The van der Waals surface area contributed by atoms with Gasteiger partial charge < -0.3 is 14.9 Å². The largest absolute Gasteiger partial charge is 0.390 e. The van der Waals surface area contributed by atoms with Crippen LogP contribution < -0.4 is 0 Å². The molecule has 0 aromatic carbocycles. The second-order valence-corrected chi connectivity index (χ2v) is 4.46. The highest BCUT2D eigenvalue weighted by atomic mass is 16.5. The van der Waals surface area contributed by atoms with E-state index in [4.69, 9.17) is 4.74 Å². The highest BCUT2D eigenvalue weighted by molar-refractivity contribution is 4.88. The van der Waals surface area contributed by atoms with Crippen LogP contribution in [-0.4, -0.2) is 34.1 Å². The standard InChI is InChI=1S/C9H18O3/c1-8(2)5-4-7(10)9(3,11)6-12-8/h7,10-11H,4-6H2,1-3H3. The highest BCUT2D eigenvalue weighted by Gasteiger charge is 2.37. The fourth-order valence-corrected chi connectivity index (χ4v) is 1.31. The molecule has 0 aromatic heterocycles. The fourth-order valence-electron chi connectivity index (χ4n) is 1.31. The van der Waals surface area contributed by atoms with Crippen LogP contribution in [0.2, 0.25) is 0 Å². The number of hydrogen-bond acceptors (Lipinski definition) is 3. The van der Waals surface area contributed by atoms with Crippen LogP contribution in [0.4, 0.5) is 0 Å². The van der Waals surface area contributed by atoms with Gasteiger partial charge >= 0.3 is 0 Å². The summed E-state index contributed by atoms with van der Waals surface area (Å²) in [7, 11) is 0. The van der Waals surface area contributed by atoms with Crippen LogP contribution in [0.3, 0.4) is 0 Å². The quantitative estimate of drug-likeness (QED) is 0.568. The SMILES string of the molecule is CC1(C)CCC(O)C(C)(O)CO1. The Morgan fingerprint density at radius 2 is 1.92 bits per heavy atom. The van der Waals surface area contributed by atoms with Crippen molar-refractivity contribution in [2.45, 2.75) is 50.9 Å². The maximum atomic E-state index is 9.68. The van der Waals surface area contributed by atoms with Crippen LogP contribution in [0.15, 0.2) is 0 Å². The number of hydrogen-bond donors (Lipinski definition) is 2. The van der Waals surface area contributed by atoms with Crippen molar-refractivity contribution in [2.75, 3.05) is 6.61 Å². The first-order valence-electron chi connectivity index (χ1n) is 4.38. The van der Waals surface area contributed by atoms with Crippen LogP contribution in [0.1, 0.15) is 33.6 Å². The van der Waals surface area contributed by atoms with Crippen molar-refractivity contribution in [3.63, 3.8) is 0 Å². The van der Waals surface area contributed by atoms with E-state index in [0.29, 0.717) is 6.42 Å². The zero-order valence-corrected chi connectivity index (χ0v) is 8.00. The summed E-state index contributed by atoms with van der Waals surface area (Å²) in [5.74, 6) is 0. The number of ether oxygens (including phenoxy) is 1. The Labute approximate surface area is 73.4 Å². The minimum Gasteiger partial charge on any atom is -0.390 e. The molecular formula is C9H18O3. The summed E-state index contributed by atoms with van der Waals surface area (Å²) in [6.45, 7) is 5.77. The van der Waals surface area contributed by atoms with E-state index in [1.165, 1.54) is 0 Å². The molecule has 2 unspecified atom stereocenters. The van der Waals surface area contributed by atoms with Crippen LogP contribution in [0, 0.1) is 0 Å². The van der Waals surface area contributed by atoms with Crippen molar-refractivity contribution >= 4 is 0 Å². The maximum absolute atomic E-state index is 9.68. The third-order valence-corrected chi connectivity index (χ3v) is 2.49. The molecule has 0 aromatic rings. The first-order chi connectivity index (χ1) is 5.33. The van der Waals surface area contributed by atoms with Crippen LogP contribution in [-0.2, 0) is 4.74 Å². The minimum atomic E-state index is -1.09. The first kappa shape index (κ1) is 9.96. The second kappa shape index (κ2) is 2.98. The fraction of sp³-hybridized carbons (Fsp3) is 1.00. The third kappa shape index (κ3) is 2.19. The van der Waals surface area contributed by atoms with Gasteiger partial charge in [0.25, 0.3) is 0 Å². The van der Waals surface area contributed by atoms with Gasteiger partial charge in [0.15, 0.2) is 0 Å². The molecule has 1 saturated heterocycles. The average Bonchev–Trinajstić information content (AvgIpc) is 2.03. The van der Waals surface area contributed by atoms with Crippen molar-refractivity contribution in [1.29, 1.82) is 0 Å². The predicted octanol–water partition coefficient (Wildman–Crippen LogP) is 0.687. The van der Waals surface area contributed by atoms with Gasteiger partial charge in [-0.25, -0.2) is 0 Å². The minimum absolute atomic E-state index is 0.209. The van der Waals surface area contributed by atoms with Gasteiger partial charge in [0.2, 0.25) is 0 Å². The summed E-state index contributed by atoms with van der Waals surface area (Å²) in [4.78, 5) is 0. The average molecular weight is 174 g/mol. The molecule has 2 atom stereocenters. The van der Waals surface area contributed by atoms with Crippen LogP contribution in [0.5, 0.6) is 0 Å². The van der Waals surface area contributed by atoms with Crippen LogP contribution in [0.25, 0.3) is 0 Å². The topological polar surface area (TPSA) is 49.7 Å². The molecule has 1 aliphatic heterocycles. The van der Waals surface area contributed by atoms with E-state index in [-0.39, 0.29) is 12.2 Å². The van der Waals surface area contributed by atoms with Gasteiger partial charge in [-0.3, -0.25) is 0 Å². The summed E-state index contributed by atoms with van der Waals surface area (Å²) in [5, 5.41) is 19.2. The summed E-state index contributed by atoms with van der Waals surface area (Å²) >= 11 is 0. The molecule has 1 heterocycles. The first-order valence-corrected chi connectivity index (χ1v) is 4.38. The van der Waals surface area contributed by atoms with E-state index in [9.17, 15) is 10.2 Å². The molecule has 0 spiro atoms. The molecule has 1 rings (SSSR count). The summed E-state index contributed by atoms with van der Waals surface area (Å²) in [6, 6.07) is 0. The van der Waals surface area contributed by atoms with E-state index < -0.39 is 11.7 Å². The Kier molecular flexibility index (Phi) is 2.47. The normalized spacial score (nSPS) is 42.2. The Hall–Kier alpha value is -0.120. The van der Waals surface area contributed by atoms with Crippen molar-refractivity contribution < 1.29 is 14.9 Å². The van der Waals surface area contributed by atoms with Crippen molar-refractivity contribution in [2.24, 2.45) is 0 Å². The second-order valence-electron chi connectivity index (χ2n) is 4.46. The molecule has 0 aliphatic carbocycles. The molecule has 0 amide bonds. The molecule has 12 heavy (non-hydrogen) atoms. The molecule has 2 N–H and O–H groups in total. The number of rotatable bonds is 0. The molecule has 0 bridgehead atoms. The Balaban J connectivity index is 2.66. The third-order valence-electron chi connectivity index (χ3n) is 2.49. The van der Waals surface area contributed by atoms with Crippen molar-refractivity contribution in [1.82, 2.24) is 0 Å². The summed E-state index contributed by atoms with van der Waals surface area (Å²) in [6.07, 6.45) is 0.712. The predicted molar refractivity (Wildman–Crippen MR) is 45.9 cm³/mol. The van der Waals surface area contributed by atoms with Gasteiger partial charge in [-0.05, 0) is 33.6 Å². The van der Waals surface area contributed by atoms with Crippen LogP contribution >= 0.6 is 0 Å². The lowest BCUT2D eigenvalue weighted by atomic mass is 9.94. The zero-order valence-electron chi connectivity index (χ0n) is 8.00. The lowest BCUT2D eigenvalue weighted by Gasteiger charge is -2.27. The van der Waals surface area contributed by atoms with Crippen molar-refractivity contribution in [3.8, 4) is 0 Å². The van der Waals surface area contributed by atoms with Gasteiger partial charge in [-0.2, -0.15) is 0 Å². The lowest BCUT2D eigenvalue weighted by molar-refractivity contribution is -0.118. The van der Waals surface area contributed by atoms with Gasteiger partial charge in [0.05, 0.1) is 18.3 Å². The molecule has 0 saturated carbocycles. The van der Waals surface area contributed by atoms with Gasteiger partial charge in [-0.15, -0.1) is 0 Å². The Morgan fingerprint density at radius 3 is 2.50 bits per heavy atom. The monoisotopic (exact) mass is 174 g/mol. The van der Waals surface area contributed by atoms with E-state index in [2.05, 4.69) is 0 Å². The molecule has 3 heteroatoms. The molecule has 72 valence electrons. The zero-order chi connectivity index (χ0) is 9.41. The number of aliphatic hydroxyl groups excluding tert-OH is 1. The van der Waals surface area contributed by atoms with Gasteiger partial charge in [0.1, 0.15) is 5.60 Å². The van der Waals surface area contributed by atoms with E-state index in [0.717, 1.165) is 6.42 Å².